The van der Waals surface area contributed by atoms with E-state index in [1.54, 1.807) is 0 Å². The number of rotatable bonds is 8. The highest BCUT2D eigenvalue weighted by Gasteiger charge is 2.46. The van der Waals surface area contributed by atoms with Crippen molar-refractivity contribution in [3.8, 4) is 44.5 Å². The molecule has 2 heteroatoms. The molecule has 0 N–H and O–H groups in total. The Balaban J connectivity index is 1.09. The van der Waals surface area contributed by atoms with Crippen molar-refractivity contribution in [2.75, 3.05) is 4.90 Å². The molecule has 0 unspecified atom stereocenters. The minimum atomic E-state index is -0.515. The number of nitrogens with zero attached hydrogens (tertiary/aromatic N) is 1. The second-order valence-corrected chi connectivity index (χ2v) is 18.5. The van der Waals surface area contributed by atoms with E-state index in [-0.39, 0.29) is 0 Å². The van der Waals surface area contributed by atoms with Crippen LogP contribution in [-0.4, -0.2) is 0 Å². The van der Waals surface area contributed by atoms with Crippen LogP contribution in [0.2, 0.25) is 0 Å². The van der Waals surface area contributed by atoms with Crippen molar-refractivity contribution in [1.82, 2.24) is 0 Å². The number of thiophene rings is 1. The van der Waals surface area contributed by atoms with Gasteiger partial charge in [-0.3, -0.25) is 0 Å². The Morgan fingerprint density at radius 1 is 0.313 bits per heavy atom. The van der Waals surface area contributed by atoms with Gasteiger partial charge in [-0.25, -0.2) is 0 Å². The molecule has 1 nitrogen and oxygen atoms in total. The van der Waals surface area contributed by atoms with Crippen LogP contribution in [0, 0.1) is 0 Å². The SMILES string of the molecule is c1ccc(-c2cccc3cccc(-c4ccccc4N(c4ccccc4-c4ccc5c(c4)C(c4ccccc4)(c4ccccc4)c4ccccc4-5)c4cccc5c4sc4ccccc45)c23)cc1. The van der Waals surface area contributed by atoms with Gasteiger partial charge in [0.25, 0.3) is 0 Å². The van der Waals surface area contributed by atoms with Gasteiger partial charge in [0.15, 0.2) is 0 Å². The summed E-state index contributed by atoms with van der Waals surface area (Å²) in [6.45, 7) is 0. The van der Waals surface area contributed by atoms with E-state index < -0.39 is 5.41 Å². The van der Waals surface area contributed by atoms with E-state index in [1.165, 1.54) is 92.1 Å². The van der Waals surface area contributed by atoms with Crippen LogP contribution in [-0.2, 0) is 5.41 Å². The van der Waals surface area contributed by atoms with Gasteiger partial charge in [0.2, 0.25) is 0 Å². The predicted molar refractivity (Wildman–Crippen MR) is 285 cm³/mol. The zero-order valence-corrected chi connectivity index (χ0v) is 37.5. The molecule has 12 aromatic rings. The van der Waals surface area contributed by atoms with Crippen molar-refractivity contribution in [3.63, 3.8) is 0 Å². The highest BCUT2D eigenvalue weighted by Crippen LogP contribution is 2.58. The van der Waals surface area contributed by atoms with Crippen molar-refractivity contribution >= 4 is 59.3 Å². The Labute approximate surface area is 395 Å². The fraction of sp³-hybridized carbons (Fsp3) is 0.0154. The van der Waals surface area contributed by atoms with Gasteiger partial charge in [-0.15, -0.1) is 11.3 Å². The minimum absolute atomic E-state index is 0.515. The highest BCUT2D eigenvalue weighted by atomic mass is 32.1. The molecule has 67 heavy (non-hydrogen) atoms. The van der Waals surface area contributed by atoms with Gasteiger partial charge in [-0.1, -0.05) is 231 Å². The lowest BCUT2D eigenvalue weighted by Gasteiger charge is -2.34. The van der Waals surface area contributed by atoms with E-state index in [9.17, 15) is 0 Å². The first kappa shape index (κ1) is 39.1. The molecule has 0 radical (unpaired) electrons. The Bertz CT molecular complexity index is 3770. The summed E-state index contributed by atoms with van der Waals surface area (Å²) < 4.78 is 2.54. The van der Waals surface area contributed by atoms with Gasteiger partial charge in [0, 0.05) is 26.6 Å². The molecule has 0 spiro atoms. The Morgan fingerprint density at radius 2 is 0.836 bits per heavy atom. The summed E-state index contributed by atoms with van der Waals surface area (Å²) in [6.07, 6.45) is 0. The molecule has 1 aliphatic carbocycles. The first-order valence-corrected chi connectivity index (χ1v) is 23.9. The van der Waals surface area contributed by atoms with Crippen molar-refractivity contribution in [3.05, 3.63) is 283 Å². The Morgan fingerprint density at radius 3 is 1.58 bits per heavy atom. The topological polar surface area (TPSA) is 3.24 Å². The first-order chi connectivity index (χ1) is 33.3. The average molecular weight is 870 g/mol. The molecule has 0 amide bonds. The van der Waals surface area contributed by atoms with Crippen molar-refractivity contribution < 1.29 is 0 Å². The molecule has 0 aliphatic heterocycles. The van der Waals surface area contributed by atoms with Crippen LogP contribution in [0.25, 0.3) is 75.5 Å². The molecule has 1 aliphatic rings. The molecular formula is C65H43NS. The fourth-order valence-electron chi connectivity index (χ4n) is 11.1. The molecule has 11 aromatic carbocycles. The molecule has 314 valence electrons. The molecular weight excluding hydrogens is 827 g/mol. The number of fused-ring (bicyclic) bond motifs is 7. The summed E-state index contributed by atoms with van der Waals surface area (Å²) in [7, 11) is 0. The lowest BCUT2D eigenvalue weighted by Crippen LogP contribution is -2.28. The molecule has 0 fully saturated rings. The van der Waals surface area contributed by atoms with Gasteiger partial charge in [-0.2, -0.15) is 0 Å². The maximum atomic E-state index is 2.55. The van der Waals surface area contributed by atoms with Crippen molar-refractivity contribution in [1.29, 1.82) is 0 Å². The number of hydrogen-bond donors (Lipinski definition) is 0. The van der Waals surface area contributed by atoms with Crippen LogP contribution < -0.4 is 4.90 Å². The number of anilines is 3. The lowest BCUT2D eigenvalue weighted by molar-refractivity contribution is 0.769. The normalized spacial score (nSPS) is 12.6. The van der Waals surface area contributed by atoms with Crippen LogP contribution in [0.4, 0.5) is 17.1 Å². The van der Waals surface area contributed by atoms with Gasteiger partial charge >= 0.3 is 0 Å². The Kier molecular flexibility index (Phi) is 9.33. The second kappa shape index (κ2) is 16.0. The van der Waals surface area contributed by atoms with E-state index in [2.05, 4.69) is 266 Å². The summed E-state index contributed by atoms with van der Waals surface area (Å²) in [5, 5.41) is 5.00. The zero-order chi connectivity index (χ0) is 44.3. The van der Waals surface area contributed by atoms with Gasteiger partial charge in [-0.05, 0) is 96.7 Å². The number of hydrogen-bond acceptors (Lipinski definition) is 2. The van der Waals surface area contributed by atoms with Crippen molar-refractivity contribution in [2.45, 2.75) is 5.41 Å². The van der Waals surface area contributed by atoms with Crippen LogP contribution >= 0.6 is 11.3 Å². The summed E-state index contributed by atoms with van der Waals surface area (Å²) in [6, 6.07) is 96.5. The number of para-hydroxylation sites is 2. The molecule has 1 aromatic heterocycles. The minimum Gasteiger partial charge on any atom is -0.308 e. The molecule has 0 saturated carbocycles. The standard InChI is InChI=1S/C65H43NS/c1-4-21-44(22-5-1)50-33-18-23-45-24-19-34-55(63(45)50)53-31-12-16-38-60(53)66(61-39-20-35-56-54-32-13-17-40-62(54)67-64(56)61)59-37-15-11-29-49(59)46-41-42-52-51-30-10-14-36-57(51)65(58(52)43-46,47-25-6-2-7-26-47)48-27-8-3-9-28-48/h1-43H. The second-order valence-electron chi connectivity index (χ2n) is 17.5. The molecule has 0 bridgehead atoms. The van der Waals surface area contributed by atoms with Crippen LogP contribution in [0.5, 0.6) is 0 Å². The third-order valence-electron chi connectivity index (χ3n) is 14.0. The summed E-state index contributed by atoms with van der Waals surface area (Å²) in [4.78, 5) is 2.55. The third kappa shape index (κ3) is 6.14. The first-order valence-electron chi connectivity index (χ1n) is 23.1. The summed E-state index contributed by atoms with van der Waals surface area (Å²) in [5.41, 5.74) is 17.7. The van der Waals surface area contributed by atoms with Gasteiger partial charge in [0.1, 0.15) is 0 Å². The highest BCUT2D eigenvalue weighted by molar-refractivity contribution is 7.26. The third-order valence-corrected chi connectivity index (χ3v) is 15.2. The fourth-order valence-corrected chi connectivity index (χ4v) is 12.3. The summed E-state index contributed by atoms with van der Waals surface area (Å²) in [5.74, 6) is 0. The molecule has 0 saturated heterocycles. The summed E-state index contributed by atoms with van der Waals surface area (Å²) >= 11 is 1.87. The quantitative estimate of drug-likeness (QED) is 0.147. The number of benzene rings is 11. The monoisotopic (exact) mass is 869 g/mol. The van der Waals surface area contributed by atoms with Crippen LogP contribution in [0.3, 0.4) is 0 Å². The Hall–Kier alpha value is -8.30. The predicted octanol–water partition coefficient (Wildman–Crippen LogP) is 18.0. The zero-order valence-electron chi connectivity index (χ0n) is 36.7. The van der Waals surface area contributed by atoms with E-state index in [0.29, 0.717) is 0 Å². The van der Waals surface area contributed by atoms with Crippen molar-refractivity contribution in [2.24, 2.45) is 0 Å². The largest absolute Gasteiger partial charge is 0.308 e. The van der Waals surface area contributed by atoms with E-state index in [0.717, 1.165) is 22.6 Å². The smallest absolute Gasteiger partial charge is 0.0713 e. The van der Waals surface area contributed by atoms with E-state index in [4.69, 9.17) is 0 Å². The van der Waals surface area contributed by atoms with E-state index in [1.807, 2.05) is 11.3 Å². The maximum absolute atomic E-state index is 2.55. The van der Waals surface area contributed by atoms with E-state index >= 15 is 0 Å². The lowest BCUT2D eigenvalue weighted by atomic mass is 9.67. The average Bonchev–Trinajstić information content (AvgIpc) is 3.94. The maximum Gasteiger partial charge on any atom is 0.0713 e. The van der Waals surface area contributed by atoms with Gasteiger partial charge in [0.05, 0.1) is 27.2 Å². The van der Waals surface area contributed by atoms with Gasteiger partial charge < -0.3 is 4.90 Å². The molecule has 1 heterocycles. The molecule has 13 rings (SSSR count). The molecule has 0 atom stereocenters. The van der Waals surface area contributed by atoms with Crippen LogP contribution in [0.1, 0.15) is 22.3 Å². The van der Waals surface area contributed by atoms with Crippen LogP contribution in [0.15, 0.2) is 261 Å².